The summed E-state index contributed by atoms with van der Waals surface area (Å²) in [5.41, 5.74) is 1.00. The molecule has 0 fully saturated rings. The van der Waals surface area contributed by atoms with Crippen molar-refractivity contribution in [2.24, 2.45) is 0 Å². The third kappa shape index (κ3) is 3.49. The van der Waals surface area contributed by atoms with Crippen LogP contribution in [0.4, 0.5) is 0 Å². The highest BCUT2D eigenvalue weighted by Gasteiger charge is 1.76. The van der Waals surface area contributed by atoms with Crippen molar-refractivity contribution in [3.63, 3.8) is 0 Å². The molecule has 0 radical (unpaired) electrons. The Morgan fingerprint density at radius 2 is 1.75 bits per heavy atom. The Morgan fingerprint density at radius 3 is 2.58 bits per heavy atom. The average molecular weight is 224 g/mol. The predicted molar refractivity (Wildman–Crippen MR) is 54.3 cm³/mol. The van der Waals surface area contributed by atoms with Crippen molar-refractivity contribution in [3.05, 3.63) is 52.8 Å². The Kier molecular flexibility index (Phi) is 3.74. The van der Waals surface area contributed by atoms with Crippen LogP contribution in [0.25, 0.3) is 0 Å². The molecule has 1 heterocycles. The van der Waals surface area contributed by atoms with E-state index in [1.165, 1.54) is 0 Å². The molecule has 0 amide bonds. The molecule has 0 saturated carbocycles. The van der Waals surface area contributed by atoms with Crippen LogP contribution in [0.15, 0.2) is 47.1 Å². The lowest BCUT2D eigenvalue weighted by Gasteiger charge is -1.82. The molecule has 0 saturated heterocycles. The van der Waals surface area contributed by atoms with Gasteiger partial charge < -0.3 is 0 Å². The van der Waals surface area contributed by atoms with Gasteiger partial charge in [0.25, 0.3) is 0 Å². The number of halogens is 1. The summed E-state index contributed by atoms with van der Waals surface area (Å²) in [6.07, 6.45) is 1.78. The third-order valence-corrected chi connectivity index (χ3v) is 1.85. The maximum atomic E-state index is 4.17. The second kappa shape index (κ2) is 4.88. The quantitative estimate of drug-likeness (QED) is 0.658. The second-order valence-electron chi connectivity index (χ2n) is 2.38. The van der Waals surface area contributed by atoms with E-state index >= 15 is 0 Å². The number of hydrogen-bond acceptors (Lipinski definition) is 1. The van der Waals surface area contributed by atoms with Crippen molar-refractivity contribution in [2.75, 3.05) is 0 Å². The van der Waals surface area contributed by atoms with Crippen molar-refractivity contribution < 1.29 is 0 Å². The van der Waals surface area contributed by atoms with Crippen molar-refractivity contribution in [3.8, 4) is 0 Å². The molecule has 0 N–H and O–H groups in total. The van der Waals surface area contributed by atoms with E-state index in [0.29, 0.717) is 0 Å². The first-order chi connectivity index (χ1) is 5.79. The number of aromatic nitrogens is 1. The molecule has 12 heavy (non-hydrogen) atoms. The van der Waals surface area contributed by atoms with Gasteiger partial charge in [0.05, 0.1) is 0 Å². The molecule has 1 aromatic heterocycles. The molecule has 1 aromatic rings. The SMILES string of the molecule is Cc1ccccc(Br)cccn1. The van der Waals surface area contributed by atoms with Crippen LogP contribution in [0, 0.1) is 6.92 Å². The molecule has 0 aliphatic rings. The Bertz CT molecular complexity index is 249. The molecule has 0 aliphatic heterocycles. The monoisotopic (exact) mass is 223 g/mol. The fraction of sp³-hybridized carbons (Fsp3) is 0.100. The molecule has 1 nitrogen and oxygen atoms in total. The number of hydrogen-bond donors (Lipinski definition) is 0. The maximum Gasteiger partial charge on any atom is 0.0372 e. The van der Waals surface area contributed by atoms with E-state index in [2.05, 4.69) is 20.9 Å². The molecular weight excluding hydrogens is 214 g/mol. The van der Waals surface area contributed by atoms with E-state index in [1.807, 2.05) is 43.3 Å². The van der Waals surface area contributed by atoms with Crippen LogP contribution >= 0.6 is 15.9 Å². The highest BCUT2D eigenvalue weighted by Crippen LogP contribution is 2.03. The van der Waals surface area contributed by atoms with Gasteiger partial charge in [-0.3, -0.25) is 4.98 Å². The minimum absolute atomic E-state index is 1.00. The standard InChI is InChI=1S/C10H10BrN/c1-9-5-2-3-6-10(11)7-4-8-12-9/h2-8H,1H3. The van der Waals surface area contributed by atoms with Crippen LogP contribution in [0.5, 0.6) is 0 Å². The molecule has 62 valence electrons. The van der Waals surface area contributed by atoms with Gasteiger partial charge >= 0.3 is 0 Å². The van der Waals surface area contributed by atoms with Crippen molar-refractivity contribution in [2.45, 2.75) is 6.92 Å². The number of nitrogens with zero attached hydrogens (tertiary/aromatic N) is 1. The van der Waals surface area contributed by atoms with E-state index in [4.69, 9.17) is 0 Å². The molecule has 0 spiro atoms. The molecule has 1 rings (SSSR count). The van der Waals surface area contributed by atoms with E-state index in [-0.39, 0.29) is 0 Å². The minimum atomic E-state index is 1.00. The lowest BCUT2D eigenvalue weighted by Crippen LogP contribution is -1.70. The first-order valence-corrected chi connectivity index (χ1v) is 4.50. The van der Waals surface area contributed by atoms with Crippen LogP contribution < -0.4 is 0 Å². The molecule has 0 aromatic carbocycles. The second-order valence-corrected chi connectivity index (χ2v) is 3.30. The Balaban J connectivity index is 3.18. The van der Waals surface area contributed by atoms with Gasteiger partial charge in [0.15, 0.2) is 0 Å². The van der Waals surface area contributed by atoms with Crippen LogP contribution in [0.2, 0.25) is 0 Å². The topological polar surface area (TPSA) is 12.9 Å². The van der Waals surface area contributed by atoms with Crippen molar-refractivity contribution >= 4 is 15.9 Å². The zero-order valence-corrected chi connectivity index (χ0v) is 8.45. The summed E-state index contributed by atoms with van der Waals surface area (Å²) in [5, 5.41) is 0. The summed E-state index contributed by atoms with van der Waals surface area (Å²) in [7, 11) is 0. The Labute approximate surface area is 80.9 Å². The minimum Gasteiger partial charge on any atom is -0.262 e. The Morgan fingerprint density at radius 1 is 1.08 bits per heavy atom. The van der Waals surface area contributed by atoms with Gasteiger partial charge in [-0.25, -0.2) is 0 Å². The lowest BCUT2D eigenvalue weighted by molar-refractivity contribution is 1.22. The average Bonchev–Trinajstić information content (AvgIpc) is 2.06. The van der Waals surface area contributed by atoms with Gasteiger partial charge in [0, 0.05) is 16.4 Å². The molecular formula is C10H10BrN. The lowest BCUT2D eigenvalue weighted by atomic mass is 10.4. The highest BCUT2D eigenvalue weighted by atomic mass is 79.9. The van der Waals surface area contributed by atoms with Crippen LogP contribution in [0.3, 0.4) is 0 Å². The Hall–Kier alpha value is -0.890. The molecule has 0 atom stereocenters. The predicted octanol–water partition coefficient (Wildman–Crippen LogP) is 3.28. The van der Waals surface area contributed by atoms with Crippen LogP contribution in [-0.2, 0) is 0 Å². The highest BCUT2D eigenvalue weighted by molar-refractivity contribution is 9.10. The summed E-state index contributed by atoms with van der Waals surface area (Å²) in [6.45, 7) is 1.97. The summed E-state index contributed by atoms with van der Waals surface area (Å²) in [5.74, 6) is 0. The van der Waals surface area contributed by atoms with Gasteiger partial charge in [0.2, 0.25) is 0 Å². The first-order valence-electron chi connectivity index (χ1n) is 3.70. The fourth-order valence-electron chi connectivity index (χ4n) is 0.736. The summed E-state index contributed by atoms with van der Waals surface area (Å²) in [4.78, 5) is 4.17. The summed E-state index contributed by atoms with van der Waals surface area (Å²) >= 11 is 3.39. The third-order valence-electron chi connectivity index (χ3n) is 1.32. The first kappa shape index (κ1) is 9.20. The molecule has 0 unspecified atom stereocenters. The van der Waals surface area contributed by atoms with E-state index < -0.39 is 0 Å². The van der Waals surface area contributed by atoms with Crippen molar-refractivity contribution in [1.82, 2.24) is 4.98 Å². The normalized spacial score (nSPS) is 8.83. The van der Waals surface area contributed by atoms with E-state index in [9.17, 15) is 0 Å². The van der Waals surface area contributed by atoms with Gasteiger partial charge in [-0.1, -0.05) is 28.1 Å². The number of aryl methyl sites for hydroxylation is 1. The fourth-order valence-corrected chi connectivity index (χ4v) is 1.04. The molecule has 2 heteroatoms. The van der Waals surface area contributed by atoms with E-state index in [1.54, 1.807) is 6.20 Å². The maximum absolute atomic E-state index is 4.17. The van der Waals surface area contributed by atoms with Gasteiger partial charge in [-0.15, -0.1) is 0 Å². The zero-order valence-electron chi connectivity index (χ0n) is 6.87. The molecule has 0 aliphatic carbocycles. The van der Waals surface area contributed by atoms with Crippen molar-refractivity contribution in [1.29, 1.82) is 0 Å². The van der Waals surface area contributed by atoms with Crippen LogP contribution in [0.1, 0.15) is 5.69 Å². The summed E-state index contributed by atoms with van der Waals surface area (Å²) < 4.78 is 1.04. The van der Waals surface area contributed by atoms with Crippen LogP contribution in [-0.4, -0.2) is 4.98 Å². The largest absolute Gasteiger partial charge is 0.262 e. The van der Waals surface area contributed by atoms with Gasteiger partial charge in [0.1, 0.15) is 0 Å². The van der Waals surface area contributed by atoms with E-state index in [0.717, 1.165) is 10.2 Å². The molecule has 0 bridgehead atoms. The zero-order chi connectivity index (χ0) is 8.81. The smallest absolute Gasteiger partial charge is 0.0372 e. The van der Waals surface area contributed by atoms with Gasteiger partial charge in [-0.2, -0.15) is 0 Å². The summed E-state index contributed by atoms with van der Waals surface area (Å²) in [6, 6.07) is 11.7. The van der Waals surface area contributed by atoms with Gasteiger partial charge in [-0.05, 0) is 31.2 Å². The number of rotatable bonds is 0.